The highest BCUT2D eigenvalue weighted by Crippen LogP contribution is 2.29. The highest BCUT2D eigenvalue weighted by atomic mass is 16.5. The Labute approximate surface area is 99.8 Å². The van der Waals surface area contributed by atoms with Gasteiger partial charge in [0.15, 0.2) is 0 Å². The number of rotatable bonds is 9. The third kappa shape index (κ3) is 3.72. The molecule has 0 aliphatic carbocycles. The van der Waals surface area contributed by atoms with Crippen molar-refractivity contribution in [3.63, 3.8) is 0 Å². The summed E-state index contributed by atoms with van der Waals surface area (Å²) in [5, 5.41) is 20.1. The molecule has 3 heteroatoms. The van der Waals surface area contributed by atoms with Crippen molar-refractivity contribution in [1.29, 1.82) is 0 Å². The van der Waals surface area contributed by atoms with Crippen molar-refractivity contribution < 1.29 is 14.9 Å². The van der Waals surface area contributed by atoms with E-state index in [1.54, 1.807) is 0 Å². The number of unbranched alkanes of at least 4 members (excludes halogenated alkanes) is 1. The zero-order chi connectivity index (χ0) is 12.6. The van der Waals surface area contributed by atoms with Crippen molar-refractivity contribution in [2.45, 2.75) is 70.7 Å². The number of ether oxygens (including phenoxy) is 1. The van der Waals surface area contributed by atoms with Gasteiger partial charge in [0, 0.05) is 6.61 Å². The van der Waals surface area contributed by atoms with E-state index in [-0.39, 0.29) is 0 Å². The predicted octanol–water partition coefficient (Wildman–Crippen LogP) is 2.31. The van der Waals surface area contributed by atoms with Gasteiger partial charge in [-0.25, -0.2) is 0 Å². The Hall–Kier alpha value is -0.120. The molecule has 0 spiro atoms. The molecule has 0 amide bonds. The Morgan fingerprint density at radius 3 is 1.94 bits per heavy atom. The standard InChI is InChI=1S/C13H27O3/c1-5-9-10-16-13(8-4,11(14)6-2)12(15)7-3/h11-12,14-15H,4-10H2,1-3H3. The maximum absolute atomic E-state index is 10.0. The number of aliphatic hydroxyl groups is 2. The molecular formula is C13H27O3. The van der Waals surface area contributed by atoms with E-state index >= 15 is 0 Å². The molecule has 2 unspecified atom stereocenters. The third-order valence-corrected chi connectivity index (χ3v) is 3.16. The highest BCUT2D eigenvalue weighted by molar-refractivity contribution is 4.95. The maximum Gasteiger partial charge on any atom is 0.120 e. The van der Waals surface area contributed by atoms with Crippen LogP contribution in [0.1, 0.15) is 52.9 Å². The van der Waals surface area contributed by atoms with Gasteiger partial charge in [-0.05, 0) is 25.7 Å². The summed E-state index contributed by atoms with van der Waals surface area (Å²) < 4.78 is 5.76. The fraction of sp³-hybridized carbons (Fsp3) is 0.923. The molecular weight excluding hydrogens is 204 g/mol. The smallest absolute Gasteiger partial charge is 0.120 e. The van der Waals surface area contributed by atoms with Gasteiger partial charge < -0.3 is 14.9 Å². The molecule has 0 saturated heterocycles. The van der Waals surface area contributed by atoms with Gasteiger partial charge in [0.2, 0.25) is 0 Å². The minimum absolute atomic E-state index is 0.390. The van der Waals surface area contributed by atoms with E-state index in [1.807, 2.05) is 13.8 Å². The lowest BCUT2D eigenvalue weighted by atomic mass is 9.84. The van der Waals surface area contributed by atoms with Gasteiger partial charge in [-0.3, -0.25) is 0 Å². The minimum Gasteiger partial charge on any atom is -0.390 e. The summed E-state index contributed by atoms with van der Waals surface area (Å²) in [7, 11) is 0. The molecule has 0 aromatic carbocycles. The Bertz CT molecular complexity index is 161. The lowest BCUT2D eigenvalue weighted by Gasteiger charge is -2.40. The Kier molecular flexibility index (Phi) is 7.98. The van der Waals surface area contributed by atoms with Crippen LogP contribution >= 0.6 is 0 Å². The molecule has 0 rings (SSSR count). The third-order valence-electron chi connectivity index (χ3n) is 3.16. The molecule has 0 aromatic rings. The first-order valence-electron chi connectivity index (χ1n) is 6.38. The molecule has 2 N–H and O–H groups in total. The van der Waals surface area contributed by atoms with Crippen molar-refractivity contribution in [3.05, 3.63) is 6.92 Å². The SMILES string of the molecule is [CH2]CC(OCCCC)(C(O)CC)C(O)CC. The molecule has 97 valence electrons. The molecule has 1 radical (unpaired) electrons. The summed E-state index contributed by atoms with van der Waals surface area (Å²) in [6.45, 7) is 10.3. The van der Waals surface area contributed by atoms with E-state index in [2.05, 4.69) is 13.8 Å². The minimum atomic E-state index is -0.890. The first kappa shape index (κ1) is 15.9. The van der Waals surface area contributed by atoms with Crippen LogP contribution in [0.15, 0.2) is 0 Å². The van der Waals surface area contributed by atoms with Crippen molar-refractivity contribution in [2.75, 3.05) is 6.61 Å². The van der Waals surface area contributed by atoms with Crippen LogP contribution in [0.25, 0.3) is 0 Å². The summed E-state index contributed by atoms with van der Waals surface area (Å²) in [6.07, 6.45) is 2.19. The highest BCUT2D eigenvalue weighted by Gasteiger charge is 2.42. The van der Waals surface area contributed by atoms with Crippen molar-refractivity contribution >= 4 is 0 Å². The van der Waals surface area contributed by atoms with Crippen LogP contribution in [0.2, 0.25) is 0 Å². The van der Waals surface area contributed by atoms with Crippen LogP contribution in [0.3, 0.4) is 0 Å². The van der Waals surface area contributed by atoms with E-state index in [9.17, 15) is 10.2 Å². The second kappa shape index (κ2) is 8.04. The van der Waals surface area contributed by atoms with E-state index < -0.39 is 17.8 Å². The lowest BCUT2D eigenvalue weighted by Crippen LogP contribution is -2.53. The predicted molar refractivity (Wildman–Crippen MR) is 66.2 cm³/mol. The van der Waals surface area contributed by atoms with Gasteiger partial charge in [-0.1, -0.05) is 34.1 Å². The van der Waals surface area contributed by atoms with Crippen molar-refractivity contribution in [1.82, 2.24) is 0 Å². The van der Waals surface area contributed by atoms with Crippen LogP contribution in [-0.4, -0.2) is 34.6 Å². The fourth-order valence-electron chi connectivity index (χ4n) is 1.92. The molecule has 16 heavy (non-hydrogen) atoms. The molecule has 0 heterocycles. The second-order valence-corrected chi connectivity index (χ2v) is 4.26. The Balaban J connectivity index is 4.67. The average Bonchev–Trinajstić information content (AvgIpc) is 2.33. The first-order valence-corrected chi connectivity index (χ1v) is 6.38. The molecule has 3 nitrogen and oxygen atoms in total. The fourth-order valence-corrected chi connectivity index (χ4v) is 1.92. The maximum atomic E-state index is 10.0. The van der Waals surface area contributed by atoms with E-state index in [4.69, 9.17) is 4.74 Å². The topological polar surface area (TPSA) is 49.7 Å². The van der Waals surface area contributed by atoms with Gasteiger partial charge in [0.25, 0.3) is 0 Å². The molecule has 2 atom stereocenters. The summed E-state index contributed by atoms with van der Waals surface area (Å²) >= 11 is 0. The number of hydrogen-bond donors (Lipinski definition) is 2. The molecule has 0 fully saturated rings. The van der Waals surface area contributed by atoms with Crippen molar-refractivity contribution in [3.8, 4) is 0 Å². The zero-order valence-electron chi connectivity index (χ0n) is 10.9. The summed E-state index contributed by atoms with van der Waals surface area (Å²) in [5.74, 6) is 0. The van der Waals surface area contributed by atoms with Crippen LogP contribution in [0, 0.1) is 6.92 Å². The summed E-state index contributed by atoms with van der Waals surface area (Å²) in [5.41, 5.74) is -0.890. The number of hydrogen-bond acceptors (Lipinski definition) is 3. The van der Waals surface area contributed by atoms with Crippen LogP contribution in [-0.2, 0) is 4.74 Å². The number of aliphatic hydroxyl groups excluding tert-OH is 2. The van der Waals surface area contributed by atoms with Gasteiger partial charge in [-0.15, -0.1) is 0 Å². The average molecular weight is 231 g/mol. The monoisotopic (exact) mass is 231 g/mol. The zero-order valence-corrected chi connectivity index (χ0v) is 10.9. The normalized spacial score (nSPS) is 19.1. The molecule has 0 aliphatic heterocycles. The van der Waals surface area contributed by atoms with E-state index in [1.165, 1.54) is 0 Å². The van der Waals surface area contributed by atoms with Crippen LogP contribution in [0.5, 0.6) is 0 Å². The molecule has 0 aliphatic rings. The second-order valence-electron chi connectivity index (χ2n) is 4.26. The van der Waals surface area contributed by atoms with Gasteiger partial charge in [0.05, 0.1) is 12.2 Å². The van der Waals surface area contributed by atoms with Crippen LogP contribution in [0.4, 0.5) is 0 Å². The lowest BCUT2D eigenvalue weighted by molar-refractivity contribution is -0.182. The molecule has 0 saturated carbocycles. The summed E-state index contributed by atoms with van der Waals surface area (Å²) in [4.78, 5) is 0. The van der Waals surface area contributed by atoms with Gasteiger partial charge in [0.1, 0.15) is 5.60 Å². The largest absolute Gasteiger partial charge is 0.390 e. The first-order chi connectivity index (χ1) is 7.58. The Morgan fingerprint density at radius 2 is 1.62 bits per heavy atom. The van der Waals surface area contributed by atoms with E-state index in [0.717, 1.165) is 12.8 Å². The summed E-state index contributed by atoms with van der Waals surface area (Å²) in [6, 6.07) is 0. The van der Waals surface area contributed by atoms with Gasteiger partial charge in [-0.2, -0.15) is 0 Å². The van der Waals surface area contributed by atoms with E-state index in [0.29, 0.717) is 25.9 Å². The Morgan fingerprint density at radius 1 is 1.12 bits per heavy atom. The van der Waals surface area contributed by atoms with Gasteiger partial charge >= 0.3 is 0 Å². The molecule has 0 aromatic heterocycles. The van der Waals surface area contributed by atoms with Crippen LogP contribution < -0.4 is 0 Å². The molecule has 0 bridgehead atoms. The van der Waals surface area contributed by atoms with Crippen molar-refractivity contribution in [2.24, 2.45) is 0 Å². The quantitative estimate of drug-likeness (QED) is 0.599.